The molecule has 1 N–H and O–H groups in total. The fourth-order valence-electron chi connectivity index (χ4n) is 4.04. The summed E-state index contributed by atoms with van der Waals surface area (Å²) in [5.41, 5.74) is 0. The van der Waals surface area contributed by atoms with Gasteiger partial charge in [0.05, 0.1) is 5.75 Å². The molecule has 2 aliphatic rings. The molecule has 0 spiro atoms. The van der Waals surface area contributed by atoms with Gasteiger partial charge in [0.2, 0.25) is 5.91 Å². The van der Waals surface area contributed by atoms with Crippen LogP contribution in [0.1, 0.15) is 45.0 Å². The molecule has 1 amide bonds. The highest BCUT2D eigenvalue weighted by Gasteiger charge is 2.29. The van der Waals surface area contributed by atoms with Gasteiger partial charge in [-0.15, -0.1) is 10.2 Å². The van der Waals surface area contributed by atoms with Crippen molar-refractivity contribution < 1.29 is 14.3 Å². The summed E-state index contributed by atoms with van der Waals surface area (Å²) in [4.78, 5) is 12.5. The maximum absolute atomic E-state index is 12.5. The first-order chi connectivity index (χ1) is 14.0. The van der Waals surface area contributed by atoms with Gasteiger partial charge in [-0.1, -0.05) is 50.6 Å². The number of aromatic nitrogens is 3. The highest BCUT2D eigenvalue weighted by atomic mass is 32.2. The lowest BCUT2D eigenvalue weighted by Gasteiger charge is -2.34. The normalized spacial score (nSPS) is 26.2. The molecule has 1 aliphatic carbocycles. The van der Waals surface area contributed by atoms with Crippen molar-refractivity contribution in [1.29, 1.82) is 0 Å². The quantitative estimate of drug-likeness (QED) is 0.753. The summed E-state index contributed by atoms with van der Waals surface area (Å²) in [7, 11) is 1.89. The van der Waals surface area contributed by atoms with Crippen LogP contribution in [0.5, 0.6) is 11.5 Å². The Kier molecular flexibility index (Phi) is 5.99. The number of nitrogens with zero attached hydrogens (tertiary/aromatic N) is 3. The molecule has 156 valence electrons. The van der Waals surface area contributed by atoms with Gasteiger partial charge in [0, 0.05) is 13.1 Å². The van der Waals surface area contributed by atoms with Crippen molar-refractivity contribution in [3.63, 3.8) is 0 Å². The Balaban J connectivity index is 1.34. The first-order valence-electron chi connectivity index (χ1n) is 10.2. The van der Waals surface area contributed by atoms with Gasteiger partial charge in [0.25, 0.3) is 0 Å². The summed E-state index contributed by atoms with van der Waals surface area (Å²) in [6, 6.07) is 7.87. The highest BCUT2D eigenvalue weighted by molar-refractivity contribution is 7.99. The van der Waals surface area contributed by atoms with E-state index in [1.54, 1.807) is 0 Å². The second kappa shape index (κ2) is 8.65. The van der Waals surface area contributed by atoms with Crippen LogP contribution in [0, 0.1) is 11.8 Å². The SMILES string of the molecule is C[C@@H]1[C@H](C)CCC[C@@H]1NC(=O)CSc1nnc([C@@H]2COc3ccccc3O2)n1C. The molecule has 0 saturated heterocycles. The monoisotopic (exact) mass is 416 g/mol. The van der Waals surface area contributed by atoms with E-state index in [0.717, 1.165) is 12.2 Å². The molecular weight excluding hydrogens is 388 g/mol. The maximum atomic E-state index is 12.5. The van der Waals surface area contributed by atoms with Crippen LogP contribution in [-0.2, 0) is 11.8 Å². The number of benzene rings is 1. The summed E-state index contributed by atoms with van der Waals surface area (Å²) < 4.78 is 13.7. The van der Waals surface area contributed by atoms with Crippen LogP contribution in [0.25, 0.3) is 0 Å². The molecule has 1 saturated carbocycles. The van der Waals surface area contributed by atoms with E-state index in [1.807, 2.05) is 35.9 Å². The number of carbonyl (C=O) groups is 1. The number of nitrogens with one attached hydrogen (secondary N) is 1. The third-order valence-electron chi connectivity index (χ3n) is 6.05. The maximum Gasteiger partial charge on any atom is 0.230 e. The molecule has 2 heterocycles. The second-order valence-corrected chi connectivity index (χ2v) is 8.94. The van der Waals surface area contributed by atoms with Crippen LogP contribution in [-0.4, -0.2) is 39.1 Å². The minimum absolute atomic E-state index is 0.0525. The van der Waals surface area contributed by atoms with Crippen LogP contribution in [0.2, 0.25) is 0 Å². The van der Waals surface area contributed by atoms with Crippen molar-refractivity contribution in [3.8, 4) is 11.5 Å². The minimum Gasteiger partial charge on any atom is -0.485 e. The summed E-state index contributed by atoms with van der Waals surface area (Å²) >= 11 is 1.40. The van der Waals surface area contributed by atoms with E-state index in [1.165, 1.54) is 24.6 Å². The number of ether oxygens (including phenoxy) is 2. The molecule has 1 aliphatic heterocycles. The number of fused-ring (bicyclic) bond motifs is 1. The van der Waals surface area contributed by atoms with Crippen molar-refractivity contribution in [1.82, 2.24) is 20.1 Å². The summed E-state index contributed by atoms with van der Waals surface area (Å²) in [5, 5.41) is 12.4. The smallest absolute Gasteiger partial charge is 0.230 e. The van der Waals surface area contributed by atoms with Crippen molar-refractivity contribution >= 4 is 17.7 Å². The molecule has 4 rings (SSSR count). The van der Waals surface area contributed by atoms with E-state index in [2.05, 4.69) is 29.4 Å². The average molecular weight is 417 g/mol. The number of thioether (sulfide) groups is 1. The van der Waals surface area contributed by atoms with Gasteiger partial charge in [-0.3, -0.25) is 4.79 Å². The number of para-hydroxylation sites is 2. The molecule has 7 nitrogen and oxygen atoms in total. The number of carbonyl (C=O) groups excluding carboxylic acids is 1. The number of hydrogen-bond acceptors (Lipinski definition) is 6. The largest absolute Gasteiger partial charge is 0.485 e. The molecule has 4 atom stereocenters. The van der Waals surface area contributed by atoms with Gasteiger partial charge < -0.3 is 19.4 Å². The Hall–Kier alpha value is -2.22. The highest BCUT2D eigenvalue weighted by Crippen LogP contribution is 2.36. The van der Waals surface area contributed by atoms with E-state index in [4.69, 9.17) is 9.47 Å². The average Bonchev–Trinajstić information content (AvgIpc) is 3.10. The first-order valence-corrected chi connectivity index (χ1v) is 11.2. The summed E-state index contributed by atoms with van der Waals surface area (Å²) in [6.07, 6.45) is 3.18. The van der Waals surface area contributed by atoms with E-state index < -0.39 is 0 Å². The Bertz CT molecular complexity index is 871. The van der Waals surface area contributed by atoms with Gasteiger partial charge in [0.15, 0.2) is 28.6 Å². The molecular formula is C21H28N4O3S. The van der Waals surface area contributed by atoms with Gasteiger partial charge in [-0.25, -0.2) is 0 Å². The van der Waals surface area contributed by atoms with Crippen molar-refractivity contribution in [2.75, 3.05) is 12.4 Å². The van der Waals surface area contributed by atoms with Gasteiger partial charge >= 0.3 is 0 Å². The predicted octanol–water partition coefficient (Wildman–Crippen LogP) is 3.36. The van der Waals surface area contributed by atoms with Crippen LogP contribution in [0.4, 0.5) is 0 Å². The molecule has 1 aromatic heterocycles. The van der Waals surface area contributed by atoms with Crippen LogP contribution >= 0.6 is 11.8 Å². The Morgan fingerprint density at radius 2 is 2.03 bits per heavy atom. The van der Waals surface area contributed by atoms with Crippen molar-refractivity contribution in [2.45, 2.75) is 50.4 Å². The molecule has 0 bridgehead atoms. The summed E-state index contributed by atoms with van der Waals surface area (Å²) in [5.74, 6) is 3.69. The lowest BCUT2D eigenvalue weighted by atomic mass is 9.78. The Labute approximate surface area is 175 Å². The molecule has 1 aromatic carbocycles. The topological polar surface area (TPSA) is 78.3 Å². The number of rotatable bonds is 5. The molecule has 1 fully saturated rings. The number of amides is 1. The molecule has 0 radical (unpaired) electrons. The predicted molar refractivity (Wildman–Crippen MR) is 111 cm³/mol. The third-order valence-corrected chi connectivity index (χ3v) is 7.07. The van der Waals surface area contributed by atoms with Gasteiger partial charge in [-0.2, -0.15) is 0 Å². The van der Waals surface area contributed by atoms with E-state index in [0.29, 0.717) is 40.9 Å². The van der Waals surface area contributed by atoms with E-state index in [9.17, 15) is 4.79 Å². The lowest BCUT2D eigenvalue weighted by Crippen LogP contribution is -2.44. The van der Waals surface area contributed by atoms with Gasteiger partial charge in [-0.05, 0) is 30.4 Å². The number of hydrogen-bond donors (Lipinski definition) is 1. The van der Waals surface area contributed by atoms with Crippen molar-refractivity contribution in [2.24, 2.45) is 18.9 Å². The fraction of sp³-hybridized carbons (Fsp3) is 0.571. The lowest BCUT2D eigenvalue weighted by molar-refractivity contribution is -0.120. The first kappa shape index (κ1) is 20.1. The molecule has 2 aromatic rings. The van der Waals surface area contributed by atoms with Crippen LogP contribution in [0.15, 0.2) is 29.4 Å². The van der Waals surface area contributed by atoms with Crippen LogP contribution in [0.3, 0.4) is 0 Å². The summed E-state index contributed by atoms with van der Waals surface area (Å²) in [6.45, 7) is 4.89. The Morgan fingerprint density at radius 3 is 2.86 bits per heavy atom. The zero-order valence-electron chi connectivity index (χ0n) is 17.1. The molecule has 8 heteroatoms. The minimum atomic E-state index is -0.324. The van der Waals surface area contributed by atoms with E-state index in [-0.39, 0.29) is 18.1 Å². The molecule has 0 unspecified atom stereocenters. The standard InChI is InChI=1S/C21H28N4O3S/c1-13-7-6-8-15(14(13)2)22-19(26)12-29-21-24-23-20(25(21)3)18-11-27-16-9-4-5-10-17(16)28-18/h4-5,9-10,13-15,18H,6-8,11-12H2,1-3H3,(H,22,26)/t13-,14-,15+,18+/m1/s1. The zero-order valence-corrected chi connectivity index (χ0v) is 17.9. The Morgan fingerprint density at radius 1 is 1.24 bits per heavy atom. The zero-order chi connectivity index (χ0) is 20.4. The van der Waals surface area contributed by atoms with E-state index >= 15 is 0 Å². The van der Waals surface area contributed by atoms with Crippen molar-refractivity contribution in [3.05, 3.63) is 30.1 Å². The van der Waals surface area contributed by atoms with Crippen LogP contribution < -0.4 is 14.8 Å². The third kappa shape index (κ3) is 4.37. The molecule has 29 heavy (non-hydrogen) atoms. The van der Waals surface area contributed by atoms with Gasteiger partial charge in [0.1, 0.15) is 6.61 Å². The second-order valence-electron chi connectivity index (χ2n) is 7.99. The fourth-order valence-corrected chi connectivity index (χ4v) is 4.77.